The number of rotatable bonds is 4. The Hall–Kier alpha value is -1.33. The van der Waals surface area contributed by atoms with Gasteiger partial charge in [-0.1, -0.05) is 49.6 Å². The molecule has 1 aliphatic rings. The van der Waals surface area contributed by atoms with Crippen molar-refractivity contribution >= 4 is 0 Å². The highest BCUT2D eigenvalue weighted by Gasteiger charge is 2.15. The first-order valence-corrected chi connectivity index (χ1v) is 6.58. The van der Waals surface area contributed by atoms with E-state index in [1.54, 1.807) is 0 Å². The average Bonchev–Trinajstić information content (AvgIpc) is 2.42. The molecule has 1 fully saturated rings. The van der Waals surface area contributed by atoms with Crippen LogP contribution in [0.4, 0.5) is 0 Å². The van der Waals surface area contributed by atoms with E-state index in [0.29, 0.717) is 6.04 Å². The molecule has 0 radical (unpaired) electrons. The smallest absolute Gasteiger partial charge is 0.0837 e. The molecular weight excluding hydrogens is 208 g/mol. The summed E-state index contributed by atoms with van der Waals surface area (Å²) in [6.07, 6.45) is 6.58. The van der Waals surface area contributed by atoms with Crippen LogP contribution in [0.15, 0.2) is 30.3 Å². The van der Waals surface area contributed by atoms with Gasteiger partial charge >= 0.3 is 0 Å². The lowest BCUT2D eigenvalue weighted by atomic mass is 9.94. The van der Waals surface area contributed by atoms with Gasteiger partial charge in [0.1, 0.15) is 0 Å². The third-order valence-corrected chi connectivity index (χ3v) is 3.57. The third kappa shape index (κ3) is 3.57. The molecule has 90 valence electrons. The minimum Gasteiger partial charge on any atom is -0.312 e. The second-order valence-electron chi connectivity index (χ2n) is 4.84. The first-order valence-electron chi connectivity index (χ1n) is 6.58. The van der Waals surface area contributed by atoms with Crippen LogP contribution in [0.3, 0.4) is 0 Å². The van der Waals surface area contributed by atoms with Crippen LogP contribution in [0, 0.1) is 11.3 Å². The predicted molar refractivity (Wildman–Crippen MR) is 69.7 cm³/mol. The van der Waals surface area contributed by atoms with Gasteiger partial charge in [-0.3, -0.25) is 0 Å². The van der Waals surface area contributed by atoms with Crippen molar-refractivity contribution in [1.29, 1.82) is 5.26 Å². The molecule has 0 unspecified atom stereocenters. The van der Waals surface area contributed by atoms with Crippen LogP contribution in [0.5, 0.6) is 0 Å². The molecule has 0 aliphatic heterocycles. The Morgan fingerprint density at radius 1 is 1.18 bits per heavy atom. The summed E-state index contributed by atoms with van der Waals surface area (Å²) in [5.41, 5.74) is 1.12. The van der Waals surface area contributed by atoms with E-state index in [-0.39, 0.29) is 5.92 Å². The van der Waals surface area contributed by atoms with Crippen LogP contribution in [0.1, 0.15) is 43.6 Å². The van der Waals surface area contributed by atoms with Gasteiger partial charge in [0.15, 0.2) is 0 Å². The third-order valence-electron chi connectivity index (χ3n) is 3.57. The summed E-state index contributed by atoms with van der Waals surface area (Å²) in [5.74, 6) is -0.0156. The number of benzene rings is 1. The van der Waals surface area contributed by atoms with Crippen molar-refractivity contribution in [3.63, 3.8) is 0 Å². The fraction of sp³-hybridized carbons (Fsp3) is 0.533. The van der Waals surface area contributed by atoms with E-state index in [9.17, 15) is 5.26 Å². The molecule has 0 spiro atoms. The summed E-state index contributed by atoms with van der Waals surface area (Å²) >= 11 is 0. The van der Waals surface area contributed by atoms with Crippen molar-refractivity contribution in [2.75, 3.05) is 6.54 Å². The van der Waals surface area contributed by atoms with Gasteiger partial charge < -0.3 is 5.32 Å². The van der Waals surface area contributed by atoms with Gasteiger partial charge in [0.25, 0.3) is 0 Å². The molecule has 1 aromatic carbocycles. The summed E-state index contributed by atoms with van der Waals surface area (Å²) in [6, 6.07) is 13.1. The number of nitriles is 1. The van der Waals surface area contributed by atoms with E-state index in [0.717, 1.165) is 12.1 Å². The van der Waals surface area contributed by atoms with Gasteiger partial charge in [0, 0.05) is 12.6 Å². The fourth-order valence-electron chi connectivity index (χ4n) is 2.51. The molecule has 0 bridgehead atoms. The second kappa shape index (κ2) is 6.42. The minimum absolute atomic E-state index is 0.0156. The summed E-state index contributed by atoms with van der Waals surface area (Å²) < 4.78 is 0. The largest absolute Gasteiger partial charge is 0.312 e. The molecule has 1 aromatic rings. The van der Waals surface area contributed by atoms with Crippen LogP contribution in [0.2, 0.25) is 0 Å². The van der Waals surface area contributed by atoms with E-state index >= 15 is 0 Å². The summed E-state index contributed by atoms with van der Waals surface area (Å²) in [6.45, 7) is 0.783. The Labute approximate surface area is 104 Å². The van der Waals surface area contributed by atoms with Gasteiger partial charge in [-0.15, -0.1) is 0 Å². The lowest BCUT2D eigenvalue weighted by Gasteiger charge is -2.24. The topological polar surface area (TPSA) is 35.8 Å². The van der Waals surface area contributed by atoms with Crippen LogP contribution >= 0.6 is 0 Å². The highest BCUT2D eigenvalue weighted by Crippen LogP contribution is 2.19. The zero-order valence-electron chi connectivity index (χ0n) is 10.2. The molecule has 0 amide bonds. The molecular formula is C15H20N2. The molecule has 0 heterocycles. The normalized spacial score (nSPS) is 18.5. The lowest BCUT2D eigenvalue weighted by Crippen LogP contribution is -2.33. The van der Waals surface area contributed by atoms with Crippen molar-refractivity contribution in [2.45, 2.75) is 44.1 Å². The lowest BCUT2D eigenvalue weighted by molar-refractivity contribution is 0.372. The SMILES string of the molecule is N#C[C@H](CNC1CCCCC1)c1ccccc1. The molecule has 1 aliphatic carbocycles. The molecule has 17 heavy (non-hydrogen) atoms. The standard InChI is InChI=1S/C15H20N2/c16-11-14(13-7-3-1-4-8-13)12-17-15-9-5-2-6-10-15/h1,3-4,7-8,14-15,17H,2,5-6,9-10,12H2/t14-/m1/s1. The van der Waals surface area contributed by atoms with Crippen LogP contribution in [0.25, 0.3) is 0 Å². The summed E-state index contributed by atoms with van der Waals surface area (Å²) in [7, 11) is 0. The Morgan fingerprint density at radius 3 is 2.53 bits per heavy atom. The van der Waals surface area contributed by atoms with Crippen LogP contribution < -0.4 is 5.32 Å². The number of hydrogen-bond acceptors (Lipinski definition) is 2. The van der Waals surface area contributed by atoms with Crippen molar-refractivity contribution in [2.24, 2.45) is 0 Å². The molecule has 2 heteroatoms. The maximum absolute atomic E-state index is 9.22. The maximum atomic E-state index is 9.22. The molecule has 0 saturated heterocycles. The van der Waals surface area contributed by atoms with Crippen LogP contribution in [-0.2, 0) is 0 Å². The maximum Gasteiger partial charge on any atom is 0.0837 e. The van der Waals surface area contributed by atoms with Gasteiger partial charge in [-0.25, -0.2) is 0 Å². The number of hydrogen-bond donors (Lipinski definition) is 1. The molecule has 1 N–H and O–H groups in total. The molecule has 1 atom stereocenters. The zero-order chi connectivity index (χ0) is 11.9. The first kappa shape index (κ1) is 12.1. The Kier molecular flexibility index (Phi) is 4.58. The van der Waals surface area contributed by atoms with E-state index < -0.39 is 0 Å². The van der Waals surface area contributed by atoms with Crippen molar-refractivity contribution in [3.8, 4) is 6.07 Å². The van der Waals surface area contributed by atoms with Crippen LogP contribution in [-0.4, -0.2) is 12.6 Å². The van der Waals surface area contributed by atoms with E-state index in [2.05, 4.69) is 11.4 Å². The minimum atomic E-state index is -0.0156. The Balaban J connectivity index is 1.86. The highest BCUT2D eigenvalue weighted by molar-refractivity contribution is 5.25. The molecule has 0 aromatic heterocycles. The van der Waals surface area contributed by atoms with E-state index in [1.165, 1.54) is 32.1 Å². The fourth-order valence-corrected chi connectivity index (χ4v) is 2.51. The highest BCUT2D eigenvalue weighted by atomic mass is 14.9. The van der Waals surface area contributed by atoms with Crippen molar-refractivity contribution in [3.05, 3.63) is 35.9 Å². The average molecular weight is 228 g/mol. The van der Waals surface area contributed by atoms with Gasteiger partial charge in [-0.05, 0) is 18.4 Å². The zero-order valence-corrected chi connectivity index (χ0v) is 10.2. The quantitative estimate of drug-likeness (QED) is 0.859. The van der Waals surface area contributed by atoms with Gasteiger partial charge in [0.05, 0.1) is 12.0 Å². The first-order chi connectivity index (χ1) is 8.40. The van der Waals surface area contributed by atoms with Gasteiger partial charge in [0.2, 0.25) is 0 Å². The second-order valence-corrected chi connectivity index (χ2v) is 4.84. The van der Waals surface area contributed by atoms with Crippen molar-refractivity contribution in [1.82, 2.24) is 5.32 Å². The predicted octanol–water partition coefficient (Wildman–Crippen LogP) is 3.22. The Morgan fingerprint density at radius 2 is 1.88 bits per heavy atom. The summed E-state index contributed by atoms with van der Waals surface area (Å²) in [4.78, 5) is 0. The molecule has 2 rings (SSSR count). The number of nitrogens with zero attached hydrogens (tertiary/aromatic N) is 1. The number of nitrogens with one attached hydrogen (secondary N) is 1. The van der Waals surface area contributed by atoms with E-state index in [1.807, 2.05) is 30.3 Å². The molecule has 2 nitrogen and oxygen atoms in total. The molecule has 1 saturated carbocycles. The Bertz CT molecular complexity index is 360. The van der Waals surface area contributed by atoms with Crippen molar-refractivity contribution < 1.29 is 0 Å². The van der Waals surface area contributed by atoms with E-state index in [4.69, 9.17) is 0 Å². The summed E-state index contributed by atoms with van der Waals surface area (Å²) in [5, 5.41) is 12.8. The monoisotopic (exact) mass is 228 g/mol. The van der Waals surface area contributed by atoms with Gasteiger partial charge in [-0.2, -0.15) is 5.26 Å².